The Hall–Kier alpha value is -2.63. The molecule has 2 aromatic heterocycles. The van der Waals surface area contributed by atoms with Gasteiger partial charge in [-0.15, -0.1) is 0 Å². The van der Waals surface area contributed by atoms with Crippen LogP contribution >= 0.6 is 0 Å². The van der Waals surface area contributed by atoms with Gasteiger partial charge in [-0.05, 0) is 19.1 Å². The first kappa shape index (κ1) is 13.4. The number of aromatic nitrogens is 4. The van der Waals surface area contributed by atoms with Crippen LogP contribution in [-0.4, -0.2) is 25.5 Å². The van der Waals surface area contributed by atoms with Gasteiger partial charge in [0.25, 0.3) is 0 Å². The van der Waals surface area contributed by atoms with E-state index in [1.807, 2.05) is 24.0 Å². The van der Waals surface area contributed by atoms with E-state index >= 15 is 0 Å². The van der Waals surface area contributed by atoms with Gasteiger partial charge in [0.2, 0.25) is 5.91 Å². The maximum Gasteiger partial charge on any atom is 0.226 e. The van der Waals surface area contributed by atoms with E-state index in [1.54, 1.807) is 17.1 Å². The molecule has 0 atom stereocenters. The molecule has 0 aliphatic rings. The van der Waals surface area contributed by atoms with Gasteiger partial charge in [0.15, 0.2) is 0 Å². The second-order valence-corrected chi connectivity index (χ2v) is 5.13. The Kier molecular flexibility index (Phi) is 3.43. The normalized spacial score (nSPS) is 11.0. The van der Waals surface area contributed by atoms with Crippen molar-refractivity contribution in [1.82, 2.24) is 19.6 Å². The number of aryl methyl sites for hydroxylation is 3. The Balaban J connectivity index is 1.64. The first-order chi connectivity index (χ1) is 10.1. The number of nitrogens with zero attached hydrogens (tertiary/aromatic N) is 4. The Morgan fingerprint density at radius 1 is 1.29 bits per heavy atom. The molecular weight excluding hydrogens is 266 g/mol. The van der Waals surface area contributed by atoms with Crippen molar-refractivity contribution in [1.29, 1.82) is 0 Å². The van der Waals surface area contributed by atoms with Crippen LogP contribution in [0.25, 0.3) is 10.9 Å². The van der Waals surface area contributed by atoms with E-state index in [-0.39, 0.29) is 5.91 Å². The van der Waals surface area contributed by atoms with E-state index in [1.165, 1.54) is 5.56 Å². The van der Waals surface area contributed by atoms with Crippen LogP contribution in [0.3, 0.4) is 0 Å². The summed E-state index contributed by atoms with van der Waals surface area (Å²) in [6.45, 7) is 2.61. The van der Waals surface area contributed by atoms with Crippen molar-refractivity contribution in [2.24, 2.45) is 7.05 Å². The minimum absolute atomic E-state index is 0.0428. The van der Waals surface area contributed by atoms with Crippen molar-refractivity contribution in [3.63, 3.8) is 0 Å². The smallest absolute Gasteiger partial charge is 0.226 e. The zero-order valence-electron chi connectivity index (χ0n) is 12.1. The summed E-state index contributed by atoms with van der Waals surface area (Å²) in [6, 6.07) is 6.18. The van der Waals surface area contributed by atoms with Crippen LogP contribution in [0.4, 0.5) is 5.69 Å². The van der Waals surface area contributed by atoms with E-state index in [2.05, 4.69) is 34.6 Å². The lowest BCUT2D eigenvalue weighted by Gasteiger charge is -2.04. The van der Waals surface area contributed by atoms with Gasteiger partial charge in [-0.25, -0.2) is 0 Å². The Morgan fingerprint density at radius 2 is 2.14 bits per heavy atom. The number of carbonyl (C=O) groups excluding carboxylic acids is 1. The van der Waals surface area contributed by atoms with Gasteiger partial charge in [0.05, 0.1) is 30.1 Å². The summed E-state index contributed by atoms with van der Waals surface area (Å²) in [7, 11) is 1.81. The molecule has 0 fully saturated rings. The molecule has 0 radical (unpaired) electrons. The van der Waals surface area contributed by atoms with E-state index < -0.39 is 0 Å². The molecule has 0 saturated heterocycles. The molecule has 1 amide bonds. The second kappa shape index (κ2) is 5.40. The van der Waals surface area contributed by atoms with Crippen LogP contribution in [0, 0.1) is 6.92 Å². The zero-order chi connectivity index (χ0) is 14.8. The summed E-state index contributed by atoms with van der Waals surface area (Å²) < 4.78 is 3.51. The fourth-order valence-electron chi connectivity index (χ4n) is 2.30. The number of hydrogen-bond acceptors (Lipinski definition) is 3. The highest BCUT2D eigenvalue weighted by atomic mass is 16.1. The molecule has 0 spiro atoms. The minimum atomic E-state index is -0.0428. The molecule has 6 heteroatoms. The maximum atomic E-state index is 11.9. The third-order valence-electron chi connectivity index (χ3n) is 3.34. The zero-order valence-corrected chi connectivity index (χ0v) is 12.1. The number of fused-ring (bicyclic) bond motifs is 1. The summed E-state index contributed by atoms with van der Waals surface area (Å²) >= 11 is 0. The number of amides is 1. The van der Waals surface area contributed by atoms with Crippen molar-refractivity contribution in [3.8, 4) is 0 Å². The van der Waals surface area contributed by atoms with Crippen molar-refractivity contribution >= 4 is 22.5 Å². The topological polar surface area (TPSA) is 64.7 Å². The molecule has 1 aromatic carbocycles. The van der Waals surface area contributed by atoms with Gasteiger partial charge in [-0.2, -0.15) is 10.2 Å². The fraction of sp³-hybridized carbons (Fsp3) is 0.267. The van der Waals surface area contributed by atoms with Crippen LogP contribution < -0.4 is 5.32 Å². The number of anilines is 1. The third-order valence-corrected chi connectivity index (χ3v) is 3.34. The van der Waals surface area contributed by atoms with E-state index in [0.29, 0.717) is 18.7 Å². The molecule has 0 unspecified atom stereocenters. The first-order valence-electron chi connectivity index (χ1n) is 6.82. The highest BCUT2D eigenvalue weighted by Crippen LogP contribution is 2.15. The quantitative estimate of drug-likeness (QED) is 0.797. The van der Waals surface area contributed by atoms with Gasteiger partial charge < -0.3 is 5.32 Å². The molecule has 0 saturated carbocycles. The van der Waals surface area contributed by atoms with Crippen LogP contribution in [0.5, 0.6) is 0 Å². The van der Waals surface area contributed by atoms with E-state index in [4.69, 9.17) is 0 Å². The summed E-state index contributed by atoms with van der Waals surface area (Å²) in [5.41, 5.74) is 2.97. The Bertz CT molecular complexity index is 786. The molecule has 0 aliphatic heterocycles. The number of carbonyl (C=O) groups is 1. The summed E-state index contributed by atoms with van der Waals surface area (Å²) in [5, 5.41) is 12.3. The summed E-state index contributed by atoms with van der Waals surface area (Å²) in [4.78, 5) is 11.9. The maximum absolute atomic E-state index is 11.9. The molecule has 0 aliphatic carbocycles. The molecule has 3 rings (SSSR count). The molecule has 3 aromatic rings. The predicted molar refractivity (Wildman–Crippen MR) is 80.9 cm³/mol. The van der Waals surface area contributed by atoms with Crippen LogP contribution in [0.15, 0.2) is 36.8 Å². The fourth-order valence-corrected chi connectivity index (χ4v) is 2.30. The molecule has 0 bridgehead atoms. The van der Waals surface area contributed by atoms with Gasteiger partial charge in [-0.1, -0.05) is 11.6 Å². The number of benzene rings is 1. The van der Waals surface area contributed by atoms with Crippen molar-refractivity contribution in [2.45, 2.75) is 19.9 Å². The van der Waals surface area contributed by atoms with Crippen molar-refractivity contribution < 1.29 is 4.79 Å². The van der Waals surface area contributed by atoms with Gasteiger partial charge in [0.1, 0.15) is 0 Å². The van der Waals surface area contributed by atoms with E-state index in [0.717, 1.165) is 10.9 Å². The lowest BCUT2D eigenvalue weighted by molar-refractivity contribution is -0.116. The number of nitrogens with one attached hydrogen (secondary N) is 1. The van der Waals surface area contributed by atoms with Gasteiger partial charge >= 0.3 is 0 Å². The lowest BCUT2D eigenvalue weighted by Crippen LogP contribution is -2.14. The van der Waals surface area contributed by atoms with Gasteiger partial charge in [-0.3, -0.25) is 14.2 Å². The number of rotatable bonds is 4. The van der Waals surface area contributed by atoms with Crippen molar-refractivity contribution in [3.05, 3.63) is 42.4 Å². The molecule has 21 heavy (non-hydrogen) atoms. The SMILES string of the molecule is Cc1ccc2c(cnn2CCC(=O)Nc2cnn(C)c2)c1. The Labute approximate surface area is 122 Å². The van der Waals surface area contributed by atoms with Crippen LogP contribution in [0.2, 0.25) is 0 Å². The largest absolute Gasteiger partial charge is 0.323 e. The van der Waals surface area contributed by atoms with Crippen LogP contribution in [0.1, 0.15) is 12.0 Å². The number of hydrogen-bond donors (Lipinski definition) is 1. The molecule has 108 valence electrons. The van der Waals surface area contributed by atoms with Gasteiger partial charge in [0, 0.05) is 25.1 Å². The molecular formula is C15H17N5O. The Morgan fingerprint density at radius 3 is 2.90 bits per heavy atom. The van der Waals surface area contributed by atoms with E-state index in [9.17, 15) is 4.79 Å². The summed E-state index contributed by atoms with van der Waals surface area (Å²) in [5.74, 6) is -0.0428. The summed E-state index contributed by atoms with van der Waals surface area (Å²) in [6.07, 6.45) is 5.61. The second-order valence-electron chi connectivity index (χ2n) is 5.13. The van der Waals surface area contributed by atoms with Crippen molar-refractivity contribution in [2.75, 3.05) is 5.32 Å². The lowest BCUT2D eigenvalue weighted by atomic mass is 10.2. The standard InChI is InChI=1S/C15H17N5O/c1-11-3-4-14-12(7-11)8-17-20(14)6-5-15(21)18-13-9-16-19(2)10-13/h3-4,7-10H,5-6H2,1-2H3,(H,18,21). The van der Waals surface area contributed by atoms with Crippen LogP contribution in [-0.2, 0) is 18.4 Å². The third kappa shape index (κ3) is 2.94. The first-order valence-corrected chi connectivity index (χ1v) is 6.82. The minimum Gasteiger partial charge on any atom is -0.323 e. The molecule has 6 nitrogen and oxygen atoms in total. The monoisotopic (exact) mass is 283 g/mol. The highest BCUT2D eigenvalue weighted by Gasteiger charge is 2.07. The average molecular weight is 283 g/mol. The molecule has 1 N–H and O–H groups in total. The predicted octanol–water partition coefficient (Wildman–Crippen LogP) is 2.11. The molecule has 2 heterocycles. The highest BCUT2D eigenvalue weighted by molar-refractivity contribution is 5.90. The average Bonchev–Trinajstić information content (AvgIpc) is 3.02.